The molecule has 0 saturated heterocycles. The highest BCUT2D eigenvalue weighted by Crippen LogP contribution is 2.57. The van der Waals surface area contributed by atoms with Gasteiger partial charge in [-0.2, -0.15) is 0 Å². The molecule has 3 N–H and O–H groups in total. The number of hydrogen-bond donors (Lipinski definition) is 3. The summed E-state index contributed by atoms with van der Waals surface area (Å²) < 4.78 is 13.9. The first-order valence-electron chi connectivity index (χ1n) is 19.9. The van der Waals surface area contributed by atoms with Crippen molar-refractivity contribution in [3.8, 4) is 0 Å². The standard InChI is InChI=1S/C42H75O5P/c1-39(2,3)26-20-28(36(44)30(22-26)41(7,8)9)29-21-27(40(4,5)6)23-31(42(10,11)12)38(29)47-48-46-33-18-14-16-25-19-24-15-13-17-32(43)34(24)37(45)35(25)33/h22,24-29,31-38,43-45,48H,13-21,23H2,1-12H3. The number of aliphatic hydroxyl groups is 3. The summed E-state index contributed by atoms with van der Waals surface area (Å²) in [4.78, 5) is 0. The van der Waals surface area contributed by atoms with Crippen LogP contribution in [0.3, 0.4) is 0 Å². The third kappa shape index (κ3) is 8.28. The van der Waals surface area contributed by atoms with Gasteiger partial charge in [-0.1, -0.05) is 102 Å². The summed E-state index contributed by atoms with van der Waals surface area (Å²) in [5.74, 6) is 2.64. The smallest absolute Gasteiger partial charge is 0.155 e. The van der Waals surface area contributed by atoms with Gasteiger partial charge in [0.25, 0.3) is 0 Å². The van der Waals surface area contributed by atoms with Crippen LogP contribution in [-0.4, -0.2) is 45.8 Å². The Morgan fingerprint density at radius 2 is 1.27 bits per heavy atom. The van der Waals surface area contributed by atoms with E-state index >= 15 is 0 Å². The zero-order chi connectivity index (χ0) is 35.6. The number of allylic oxidation sites excluding steroid dienone is 1. The van der Waals surface area contributed by atoms with Crippen molar-refractivity contribution in [3.63, 3.8) is 0 Å². The average Bonchev–Trinajstić information content (AvgIpc) is 2.95. The second-order valence-electron chi connectivity index (χ2n) is 21.5. The molecule has 5 aliphatic rings. The lowest BCUT2D eigenvalue weighted by Crippen LogP contribution is -2.55. The second-order valence-corrected chi connectivity index (χ2v) is 22.2. The maximum absolute atomic E-state index is 12.3. The summed E-state index contributed by atoms with van der Waals surface area (Å²) in [5, 5.41) is 35.0. The summed E-state index contributed by atoms with van der Waals surface area (Å²) >= 11 is 0. The van der Waals surface area contributed by atoms with Crippen molar-refractivity contribution >= 4 is 9.03 Å². The zero-order valence-corrected chi connectivity index (χ0v) is 33.9. The molecule has 48 heavy (non-hydrogen) atoms. The van der Waals surface area contributed by atoms with Gasteiger partial charge in [0, 0.05) is 11.8 Å². The molecular weight excluding hydrogens is 615 g/mol. The summed E-state index contributed by atoms with van der Waals surface area (Å²) in [6.07, 6.45) is 11.6. The maximum atomic E-state index is 12.3. The van der Waals surface area contributed by atoms with Gasteiger partial charge >= 0.3 is 0 Å². The minimum atomic E-state index is -0.495. The van der Waals surface area contributed by atoms with E-state index in [-0.39, 0.29) is 66.6 Å². The fourth-order valence-electron chi connectivity index (χ4n) is 11.2. The molecule has 0 amide bonds. The summed E-state index contributed by atoms with van der Waals surface area (Å²) in [5.41, 5.74) is 1.43. The van der Waals surface area contributed by atoms with Crippen LogP contribution in [-0.2, 0) is 9.05 Å². The molecule has 0 aromatic carbocycles. The molecule has 0 heterocycles. The van der Waals surface area contributed by atoms with Gasteiger partial charge < -0.3 is 24.4 Å². The second kappa shape index (κ2) is 14.4. The van der Waals surface area contributed by atoms with Crippen LogP contribution in [0.5, 0.6) is 0 Å². The van der Waals surface area contributed by atoms with Crippen LogP contribution < -0.4 is 0 Å². The molecule has 0 bridgehead atoms. The van der Waals surface area contributed by atoms with Crippen molar-refractivity contribution in [2.24, 2.45) is 74.9 Å². The summed E-state index contributed by atoms with van der Waals surface area (Å²) in [6.45, 7) is 28.2. The van der Waals surface area contributed by atoms with E-state index in [4.69, 9.17) is 9.05 Å². The Morgan fingerprint density at radius 1 is 0.646 bits per heavy atom. The average molecular weight is 691 g/mol. The minimum absolute atomic E-state index is 0.00161. The van der Waals surface area contributed by atoms with Crippen LogP contribution in [0.1, 0.15) is 147 Å². The zero-order valence-electron chi connectivity index (χ0n) is 32.9. The number of hydrogen-bond acceptors (Lipinski definition) is 5. The topological polar surface area (TPSA) is 79.2 Å². The highest BCUT2D eigenvalue weighted by atomic mass is 31.1. The molecule has 0 radical (unpaired) electrons. The van der Waals surface area contributed by atoms with E-state index in [0.29, 0.717) is 29.6 Å². The van der Waals surface area contributed by atoms with E-state index in [2.05, 4.69) is 89.2 Å². The molecule has 0 aromatic heterocycles. The highest BCUT2D eigenvalue weighted by molar-refractivity contribution is 7.26. The lowest BCUT2D eigenvalue weighted by atomic mass is 9.54. The molecule has 15 atom stereocenters. The normalized spacial score (nSPS) is 43.5. The van der Waals surface area contributed by atoms with Crippen LogP contribution in [0, 0.1) is 74.9 Å². The van der Waals surface area contributed by atoms with Gasteiger partial charge in [0.15, 0.2) is 9.03 Å². The molecule has 0 aromatic rings. The van der Waals surface area contributed by atoms with Gasteiger partial charge in [-0.05, 0) is 120 Å². The van der Waals surface area contributed by atoms with Crippen LogP contribution in [0.25, 0.3) is 0 Å². The highest BCUT2D eigenvalue weighted by Gasteiger charge is 2.54. The third-order valence-corrected chi connectivity index (χ3v) is 15.1. The predicted molar refractivity (Wildman–Crippen MR) is 200 cm³/mol. The molecule has 15 unspecified atom stereocenters. The molecule has 4 fully saturated rings. The largest absolute Gasteiger partial charge is 0.393 e. The van der Waals surface area contributed by atoms with E-state index in [1.54, 1.807) is 0 Å². The van der Waals surface area contributed by atoms with E-state index < -0.39 is 18.3 Å². The third-order valence-electron chi connectivity index (χ3n) is 14.3. The van der Waals surface area contributed by atoms with E-state index in [1.807, 2.05) is 0 Å². The lowest BCUT2D eigenvalue weighted by Gasteiger charge is -2.55. The Kier molecular flexibility index (Phi) is 11.8. The van der Waals surface area contributed by atoms with Crippen LogP contribution in [0.4, 0.5) is 0 Å². The molecule has 5 rings (SSSR count). The van der Waals surface area contributed by atoms with Crippen molar-refractivity contribution in [3.05, 3.63) is 11.6 Å². The van der Waals surface area contributed by atoms with Crippen molar-refractivity contribution in [1.82, 2.24) is 0 Å². The first-order chi connectivity index (χ1) is 22.1. The van der Waals surface area contributed by atoms with E-state index in [1.165, 1.54) is 5.57 Å². The van der Waals surface area contributed by atoms with Gasteiger partial charge in [0.05, 0.1) is 30.5 Å². The van der Waals surface area contributed by atoms with Crippen LogP contribution >= 0.6 is 9.03 Å². The Bertz CT molecular complexity index is 1110. The fourth-order valence-corrected chi connectivity index (χ4v) is 12.1. The first-order valence-corrected chi connectivity index (χ1v) is 20.7. The van der Waals surface area contributed by atoms with Crippen LogP contribution in [0.2, 0.25) is 0 Å². The number of aliphatic hydroxyl groups excluding tert-OH is 3. The van der Waals surface area contributed by atoms with E-state index in [0.717, 1.165) is 64.2 Å². The monoisotopic (exact) mass is 691 g/mol. The van der Waals surface area contributed by atoms with Crippen molar-refractivity contribution < 1.29 is 24.4 Å². The first kappa shape index (κ1) is 39.2. The predicted octanol–water partition coefficient (Wildman–Crippen LogP) is 9.97. The Balaban J connectivity index is 1.42. The van der Waals surface area contributed by atoms with Crippen molar-refractivity contribution in [2.75, 3.05) is 0 Å². The molecule has 0 aliphatic heterocycles. The number of rotatable bonds is 5. The van der Waals surface area contributed by atoms with Gasteiger partial charge in [0.1, 0.15) is 0 Å². The van der Waals surface area contributed by atoms with Crippen molar-refractivity contribution in [1.29, 1.82) is 0 Å². The molecule has 0 spiro atoms. The van der Waals surface area contributed by atoms with E-state index in [9.17, 15) is 15.3 Å². The number of fused-ring (bicyclic) bond motifs is 2. The molecule has 278 valence electrons. The lowest BCUT2D eigenvalue weighted by molar-refractivity contribution is -0.149. The molecule has 6 heteroatoms. The minimum Gasteiger partial charge on any atom is -0.393 e. The summed E-state index contributed by atoms with van der Waals surface area (Å²) in [6, 6.07) is 0. The van der Waals surface area contributed by atoms with Gasteiger partial charge in [0.2, 0.25) is 0 Å². The Hall–Kier alpha value is -0.0300. The summed E-state index contributed by atoms with van der Waals surface area (Å²) in [7, 11) is -0.0852. The Labute approximate surface area is 297 Å². The van der Waals surface area contributed by atoms with Gasteiger partial charge in [-0.3, -0.25) is 0 Å². The quantitative estimate of drug-likeness (QED) is 0.198. The SMILES string of the molecule is CC(C)(C)C1=CC(C(C)(C)C)CC(C2CC(C(C)(C)C)CC(C(C)(C)C)C2OPOC2CCCC3CC4CCCC(O)C4C(O)C32)C1O. The maximum Gasteiger partial charge on any atom is 0.155 e. The Morgan fingerprint density at radius 3 is 1.85 bits per heavy atom. The molecule has 4 saturated carbocycles. The molecule has 5 nitrogen and oxygen atoms in total. The molecule has 5 aliphatic carbocycles. The van der Waals surface area contributed by atoms with Gasteiger partial charge in [-0.15, -0.1) is 0 Å². The van der Waals surface area contributed by atoms with Crippen molar-refractivity contribution in [2.45, 2.75) is 178 Å². The fraction of sp³-hybridized carbons (Fsp3) is 0.952. The molecular formula is C42H75O5P. The van der Waals surface area contributed by atoms with Crippen LogP contribution in [0.15, 0.2) is 11.6 Å². The van der Waals surface area contributed by atoms with Gasteiger partial charge in [-0.25, -0.2) is 0 Å².